The number of aromatic nitrogens is 2. The van der Waals surface area contributed by atoms with E-state index >= 15 is 0 Å². The highest BCUT2D eigenvalue weighted by Gasteiger charge is 2.37. The molecule has 0 radical (unpaired) electrons. The van der Waals surface area contributed by atoms with Gasteiger partial charge in [-0.15, -0.1) is 0 Å². The number of fused-ring (bicyclic) bond motifs is 2. The first-order valence-electron chi connectivity index (χ1n) is 7.52. The summed E-state index contributed by atoms with van der Waals surface area (Å²) in [4.78, 5) is 4.31. The molecule has 7 nitrogen and oxygen atoms in total. The zero-order valence-corrected chi connectivity index (χ0v) is 12.7. The molecular formula is C17H16N3O4+. The lowest BCUT2D eigenvalue weighted by Crippen LogP contribution is -2.41. The van der Waals surface area contributed by atoms with Crippen molar-refractivity contribution in [1.82, 2.24) is 4.98 Å². The summed E-state index contributed by atoms with van der Waals surface area (Å²) in [5.74, 6) is 1.82. The Hall–Kier alpha value is -3.06. The average Bonchev–Trinajstić information content (AvgIpc) is 3.10. The van der Waals surface area contributed by atoms with Gasteiger partial charge in [0, 0.05) is 11.6 Å². The second-order valence-electron chi connectivity index (χ2n) is 5.54. The van der Waals surface area contributed by atoms with Crippen molar-refractivity contribution in [2.75, 3.05) is 12.3 Å². The van der Waals surface area contributed by atoms with Crippen molar-refractivity contribution in [3.63, 3.8) is 0 Å². The normalized spacial score (nSPS) is 15.5. The molecule has 4 rings (SSSR count). The Morgan fingerprint density at radius 1 is 1.29 bits per heavy atom. The number of hydrogen-bond acceptors (Lipinski definition) is 6. The van der Waals surface area contributed by atoms with E-state index in [0.717, 1.165) is 5.56 Å². The third-order valence-electron chi connectivity index (χ3n) is 4.10. The highest BCUT2D eigenvalue weighted by atomic mass is 16.5. The quantitative estimate of drug-likeness (QED) is 0.493. The minimum Gasteiger partial charge on any atom is -0.508 e. The molecule has 4 N–H and O–H groups in total. The van der Waals surface area contributed by atoms with Crippen LogP contribution in [0.4, 0.5) is 5.82 Å². The van der Waals surface area contributed by atoms with Crippen LogP contribution in [0.3, 0.4) is 0 Å². The first kappa shape index (κ1) is 14.5. The van der Waals surface area contributed by atoms with Gasteiger partial charge in [0.15, 0.2) is 0 Å². The summed E-state index contributed by atoms with van der Waals surface area (Å²) in [5.41, 5.74) is 7.82. The second-order valence-corrected chi connectivity index (χ2v) is 5.54. The monoisotopic (exact) mass is 326 g/mol. The van der Waals surface area contributed by atoms with E-state index < -0.39 is 0 Å². The summed E-state index contributed by atoms with van der Waals surface area (Å²) < 4.78 is 13.1. The molecule has 0 spiro atoms. The molecule has 0 unspecified atom stereocenters. The van der Waals surface area contributed by atoms with Gasteiger partial charge < -0.3 is 25.1 Å². The first-order valence-corrected chi connectivity index (χ1v) is 7.52. The molecule has 0 saturated heterocycles. The van der Waals surface area contributed by atoms with Crippen molar-refractivity contribution < 1.29 is 23.9 Å². The number of hydrogen-bond donors (Lipinski definition) is 3. The summed E-state index contributed by atoms with van der Waals surface area (Å²) in [6, 6.07) is 8.58. The molecule has 2 aromatic heterocycles. The van der Waals surface area contributed by atoms with Gasteiger partial charge in [-0.2, -0.15) is 0 Å². The van der Waals surface area contributed by atoms with Crippen LogP contribution in [-0.4, -0.2) is 21.8 Å². The Labute approximate surface area is 137 Å². The number of anilines is 1. The zero-order chi connectivity index (χ0) is 16.7. The molecule has 0 bridgehead atoms. The van der Waals surface area contributed by atoms with E-state index in [9.17, 15) is 10.2 Å². The van der Waals surface area contributed by atoms with Gasteiger partial charge in [0.05, 0.1) is 25.3 Å². The number of nitrogens with zero attached hydrogens (tertiary/aromatic N) is 2. The smallest absolute Gasteiger partial charge is 0.306 e. The van der Waals surface area contributed by atoms with Gasteiger partial charge in [-0.3, -0.25) is 0 Å². The van der Waals surface area contributed by atoms with Crippen LogP contribution >= 0.6 is 0 Å². The van der Waals surface area contributed by atoms with E-state index in [1.54, 1.807) is 35.1 Å². The van der Waals surface area contributed by atoms with E-state index in [-0.39, 0.29) is 18.3 Å². The average molecular weight is 326 g/mol. The lowest BCUT2D eigenvalue weighted by molar-refractivity contribution is -0.687. The number of nitrogen functional groups attached to an aromatic ring is 1. The van der Waals surface area contributed by atoms with Crippen LogP contribution in [-0.2, 0) is 6.54 Å². The SMILES string of the molecule is Nc1c2c(nc[n+]1CCO)Oc1cc(O)ccc1[C@@H]2c1ccco1. The molecule has 24 heavy (non-hydrogen) atoms. The number of benzene rings is 1. The van der Waals surface area contributed by atoms with Crippen molar-refractivity contribution in [3.05, 3.63) is 59.8 Å². The number of furan rings is 1. The summed E-state index contributed by atoms with van der Waals surface area (Å²) in [6.45, 7) is 0.283. The van der Waals surface area contributed by atoms with Gasteiger partial charge in [0.1, 0.15) is 22.8 Å². The van der Waals surface area contributed by atoms with Gasteiger partial charge in [-0.1, -0.05) is 11.1 Å². The molecule has 0 saturated carbocycles. The third kappa shape index (κ3) is 2.17. The van der Waals surface area contributed by atoms with E-state index in [4.69, 9.17) is 14.9 Å². The minimum absolute atomic E-state index is 0.0495. The Morgan fingerprint density at radius 2 is 2.17 bits per heavy atom. The Balaban J connectivity index is 1.96. The predicted octanol–water partition coefficient (Wildman–Crippen LogP) is 1.53. The summed E-state index contributed by atoms with van der Waals surface area (Å²) in [5, 5.41) is 18.9. The molecule has 1 aromatic carbocycles. The fourth-order valence-corrected chi connectivity index (χ4v) is 3.02. The van der Waals surface area contributed by atoms with Crippen molar-refractivity contribution in [2.24, 2.45) is 0 Å². The number of phenols is 1. The fraction of sp³-hybridized carbons (Fsp3) is 0.176. The Bertz CT molecular complexity index is 893. The number of ether oxygens (including phenoxy) is 1. The largest absolute Gasteiger partial charge is 0.508 e. The minimum atomic E-state index is -0.307. The zero-order valence-electron chi connectivity index (χ0n) is 12.7. The summed E-state index contributed by atoms with van der Waals surface area (Å²) >= 11 is 0. The van der Waals surface area contributed by atoms with Gasteiger partial charge in [-0.25, -0.2) is 4.57 Å². The number of aliphatic hydroxyl groups is 1. The number of aromatic hydroxyl groups is 1. The Morgan fingerprint density at radius 3 is 2.92 bits per heavy atom. The summed E-state index contributed by atoms with van der Waals surface area (Å²) in [6.07, 6.45) is 3.12. The number of aliphatic hydroxyl groups excluding tert-OH is 1. The molecule has 0 fully saturated rings. The maximum absolute atomic E-state index is 9.74. The predicted molar refractivity (Wildman–Crippen MR) is 83.8 cm³/mol. The molecule has 3 heterocycles. The molecule has 7 heteroatoms. The molecule has 1 aliphatic rings. The maximum Gasteiger partial charge on any atom is 0.306 e. The second kappa shape index (κ2) is 5.54. The van der Waals surface area contributed by atoms with E-state index in [1.165, 1.54) is 6.33 Å². The third-order valence-corrected chi connectivity index (χ3v) is 4.10. The molecule has 3 aromatic rings. The molecule has 1 aliphatic heterocycles. The number of phenolic OH excluding ortho intramolecular Hbond substituents is 1. The Kier molecular flexibility index (Phi) is 3.35. The van der Waals surface area contributed by atoms with Crippen LogP contribution in [0, 0.1) is 0 Å². The molecular weight excluding hydrogens is 310 g/mol. The van der Waals surface area contributed by atoms with Crippen molar-refractivity contribution >= 4 is 5.82 Å². The molecule has 122 valence electrons. The first-order chi connectivity index (χ1) is 11.7. The molecule has 0 amide bonds. The van der Waals surface area contributed by atoms with Crippen LogP contribution in [0.2, 0.25) is 0 Å². The van der Waals surface area contributed by atoms with E-state index in [1.807, 2.05) is 6.07 Å². The fourth-order valence-electron chi connectivity index (χ4n) is 3.02. The molecule has 0 aliphatic carbocycles. The van der Waals surface area contributed by atoms with Gasteiger partial charge in [-0.05, 0) is 18.2 Å². The van der Waals surface area contributed by atoms with Crippen molar-refractivity contribution in [1.29, 1.82) is 0 Å². The van der Waals surface area contributed by atoms with Crippen LogP contribution in [0.25, 0.3) is 0 Å². The lowest BCUT2D eigenvalue weighted by Gasteiger charge is -2.25. The van der Waals surface area contributed by atoms with Crippen molar-refractivity contribution in [3.8, 4) is 17.4 Å². The highest BCUT2D eigenvalue weighted by Crippen LogP contribution is 2.48. The standard InChI is InChI=1S/C17H15N3O4/c18-16-15-14(12-2-1-7-23-12)11-4-3-10(22)8-13(11)24-17(15)19-9-20(16)5-6-21/h1-4,7-9,14,18,21-22H,5-6H2/p+1/t14-/m1/s1. The van der Waals surface area contributed by atoms with Crippen molar-refractivity contribution in [2.45, 2.75) is 12.5 Å². The van der Waals surface area contributed by atoms with E-state index in [2.05, 4.69) is 4.98 Å². The van der Waals surface area contributed by atoms with Gasteiger partial charge in [0.25, 0.3) is 0 Å². The lowest BCUT2D eigenvalue weighted by atomic mass is 9.87. The van der Waals surface area contributed by atoms with Crippen LogP contribution < -0.4 is 15.0 Å². The van der Waals surface area contributed by atoms with Gasteiger partial charge in [0.2, 0.25) is 12.1 Å². The molecule has 1 atom stereocenters. The van der Waals surface area contributed by atoms with Crippen LogP contribution in [0.1, 0.15) is 22.8 Å². The van der Waals surface area contributed by atoms with E-state index in [0.29, 0.717) is 35.3 Å². The maximum atomic E-state index is 9.74. The van der Waals surface area contributed by atoms with Crippen LogP contribution in [0.5, 0.6) is 17.4 Å². The number of rotatable bonds is 3. The summed E-state index contributed by atoms with van der Waals surface area (Å²) in [7, 11) is 0. The van der Waals surface area contributed by atoms with Crippen LogP contribution in [0.15, 0.2) is 47.3 Å². The number of nitrogens with two attached hydrogens (primary N) is 1. The topological polar surface area (TPSA) is 106 Å². The van der Waals surface area contributed by atoms with Gasteiger partial charge >= 0.3 is 5.88 Å². The highest BCUT2D eigenvalue weighted by molar-refractivity contribution is 5.60.